The first-order chi connectivity index (χ1) is 6.07. The maximum Gasteiger partial charge on any atom is 0.0840 e. The Morgan fingerprint density at radius 2 is 2.00 bits per heavy atom. The lowest BCUT2D eigenvalue weighted by molar-refractivity contribution is 0.0785. The summed E-state index contributed by atoms with van der Waals surface area (Å²) in [5.41, 5.74) is 1.71. The van der Waals surface area contributed by atoms with Crippen LogP contribution < -0.4 is 0 Å². The normalized spacial score (nSPS) is 17.5. The topological polar surface area (TPSA) is 20.2 Å². The molecule has 0 radical (unpaired) electrons. The average molecular weight is 176 g/mol. The van der Waals surface area contributed by atoms with E-state index in [-0.39, 0.29) is 0 Å². The third-order valence-corrected chi connectivity index (χ3v) is 2.64. The van der Waals surface area contributed by atoms with Crippen LogP contribution in [0.25, 0.3) is 0 Å². The fraction of sp³-hybridized carbons (Fsp3) is 0.500. The van der Waals surface area contributed by atoms with Crippen molar-refractivity contribution in [3.63, 3.8) is 0 Å². The number of aliphatic hydroxyl groups is 1. The zero-order valence-electron chi connectivity index (χ0n) is 8.25. The van der Waals surface area contributed by atoms with Crippen molar-refractivity contribution >= 4 is 0 Å². The quantitative estimate of drug-likeness (QED) is 0.734. The fourth-order valence-corrected chi connectivity index (χ4v) is 1.59. The van der Waals surface area contributed by atoms with Crippen LogP contribution in [0.4, 0.5) is 0 Å². The summed E-state index contributed by atoms with van der Waals surface area (Å²) in [5, 5.41) is 9.82. The molecule has 1 nitrogen and oxygen atoms in total. The summed E-state index contributed by atoms with van der Waals surface area (Å²) >= 11 is 0. The minimum Gasteiger partial charge on any atom is -0.386 e. The van der Waals surface area contributed by atoms with Gasteiger partial charge in [0.05, 0.1) is 5.60 Å². The maximum absolute atomic E-state index is 9.82. The van der Waals surface area contributed by atoms with Gasteiger partial charge in [-0.15, -0.1) is 0 Å². The lowest BCUT2D eigenvalue weighted by Gasteiger charge is -2.18. The molecule has 0 atom stereocenters. The van der Waals surface area contributed by atoms with Gasteiger partial charge in [0.25, 0.3) is 0 Å². The minimum atomic E-state index is -0.703. The molecule has 0 spiro atoms. The van der Waals surface area contributed by atoms with Crippen molar-refractivity contribution in [3.8, 4) is 0 Å². The molecule has 0 amide bonds. The highest BCUT2D eigenvalue weighted by molar-refractivity contribution is 5.31. The van der Waals surface area contributed by atoms with Gasteiger partial charge in [-0.2, -0.15) is 0 Å². The van der Waals surface area contributed by atoms with Crippen molar-refractivity contribution in [2.75, 3.05) is 0 Å². The van der Waals surface area contributed by atoms with E-state index in [1.54, 1.807) is 0 Å². The predicted molar refractivity (Wildman–Crippen MR) is 53.7 cm³/mol. The standard InChI is InChI=1S/C12H16O/c1-12(2,13)11-5-3-4-10(8-11)9-6-7-9/h3-5,8-9,13H,6-7H2,1-2H3. The Morgan fingerprint density at radius 1 is 1.31 bits per heavy atom. The van der Waals surface area contributed by atoms with E-state index in [0.29, 0.717) is 0 Å². The van der Waals surface area contributed by atoms with Crippen LogP contribution in [0.5, 0.6) is 0 Å². The molecule has 13 heavy (non-hydrogen) atoms. The van der Waals surface area contributed by atoms with Gasteiger partial charge in [0, 0.05) is 0 Å². The average Bonchev–Trinajstić information content (AvgIpc) is 2.85. The Kier molecular flexibility index (Phi) is 1.92. The summed E-state index contributed by atoms with van der Waals surface area (Å²) in [5.74, 6) is 0.766. The zero-order valence-corrected chi connectivity index (χ0v) is 8.25. The van der Waals surface area contributed by atoms with Gasteiger partial charge in [0.1, 0.15) is 0 Å². The van der Waals surface area contributed by atoms with Crippen LogP contribution in [0.2, 0.25) is 0 Å². The maximum atomic E-state index is 9.82. The molecule has 1 N–H and O–H groups in total. The van der Waals surface area contributed by atoms with Gasteiger partial charge >= 0.3 is 0 Å². The largest absolute Gasteiger partial charge is 0.386 e. The molecule has 1 fully saturated rings. The third kappa shape index (κ3) is 1.92. The minimum absolute atomic E-state index is 0.703. The number of hydrogen-bond donors (Lipinski definition) is 1. The van der Waals surface area contributed by atoms with Crippen LogP contribution in [0, 0.1) is 0 Å². The highest BCUT2D eigenvalue weighted by Gasteiger charge is 2.25. The van der Waals surface area contributed by atoms with Crippen LogP contribution >= 0.6 is 0 Å². The Hall–Kier alpha value is -0.820. The van der Waals surface area contributed by atoms with Gasteiger partial charge in [-0.25, -0.2) is 0 Å². The second-order valence-electron chi connectivity index (χ2n) is 4.46. The molecule has 2 rings (SSSR count). The van der Waals surface area contributed by atoms with Gasteiger partial charge in [0.15, 0.2) is 0 Å². The zero-order chi connectivity index (χ0) is 9.47. The molecule has 1 saturated carbocycles. The number of benzene rings is 1. The van der Waals surface area contributed by atoms with Gasteiger partial charge in [-0.1, -0.05) is 24.3 Å². The molecule has 0 heterocycles. The summed E-state index contributed by atoms with van der Waals surface area (Å²) in [4.78, 5) is 0. The van der Waals surface area contributed by atoms with Crippen molar-refractivity contribution in [2.24, 2.45) is 0 Å². The van der Waals surface area contributed by atoms with Crippen LogP contribution in [0.15, 0.2) is 24.3 Å². The molecule has 0 aliphatic heterocycles. The van der Waals surface area contributed by atoms with E-state index < -0.39 is 5.60 Å². The molecule has 1 aliphatic carbocycles. The highest BCUT2D eigenvalue weighted by Crippen LogP contribution is 2.40. The summed E-state index contributed by atoms with van der Waals surface area (Å²) in [6, 6.07) is 8.33. The molecule has 70 valence electrons. The summed E-state index contributed by atoms with van der Waals surface area (Å²) < 4.78 is 0. The van der Waals surface area contributed by atoms with E-state index in [4.69, 9.17) is 0 Å². The van der Waals surface area contributed by atoms with Crippen molar-refractivity contribution < 1.29 is 5.11 Å². The van der Waals surface area contributed by atoms with E-state index in [0.717, 1.165) is 11.5 Å². The van der Waals surface area contributed by atoms with E-state index in [2.05, 4.69) is 12.1 Å². The molecule has 0 bridgehead atoms. The Bertz CT molecular complexity index is 305. The van der Waals surface area contributed by atoms with Crippen molar-refractivity contribution in [1.29, 1.82) is 0 Å². The molecule has 1 heteroatoms. The number of hydrogen-bond acceptors (Lipinski definition) is 1. The van der Waals surface area contributed by atoms with E-state index in [9.17, 15) is 5.11 Å². The van der Waals surface area contributed by atoms with E-state index >= 15 is 0 Å². The van der Waals surface area contributed by atoms with Gasteiger partial charge < -0.3 is 5.11 Å². The van der Waals surface area contributed by atoms with Crippen LogP contribution in [-0.2, 0) is 5.60 Å². The SMILES string of the molecule is CC(C)(O)c1cccc(C2CC2)c1. The molecule has 0 saturated heterocycles. The van der Waals surface area contributed by atoms with Crippen LogP contribution in [0.3, 0.4) is 0 Å². The van der Waals surface area contributed by atoms with Gasteiger partial charge in [-0.05, 0) is 43.7 Å². The molecule has 1 aliphatic rings. The Balaban J connectivity index is 2.32. The van der Waals surface area contributed by atoms with Crippen molar-refractivity contribution in [3.05, 3.63) is 35.4 Å². The lowest BCUT2D eigenvalue weighted by atomic mass is 9.95. The van der Waals surface area contributed by atoms with E-state index in [1.807, 2.05) is 26.0 Å². The summed E-state index contributed by atoms with van der Waals surface area (Å²) in [6.45, 7) is 3.66. The number of rotatable bonds is 2. The molecule has 0 aromatic heterocycles. The molecular formula is C12H16O. The highest BCUT2D eigenvalue weighted by atomic mass is 16.3. The van der Waals surface area contributed by atoms with Crippen LogP contribution in [-0.4, -0.2) is 5.11 Å². The van der Waals surface area contributed by atoms with E-state index in [1.165, 1.54) is 18.4 Å². The summed E-state index contributed by atoms with van der Waals surface area (Å²) in [6.07, 6.45) is 2.63. The second kappa shape index (κ2) is 2.85. The second-order valence-corrected chi connectivity index (χ2v) is 4.46. The summed E-state index contributed by atoms with van der Waals surface area (Å²) in [7, 11) is 0. The fourth-order valence-electron chi connectivity index (χ4n) is 1.59. The van der Waals surface area contributed by atoms with Gasteiger partial charge in [-0.3, -0.25) is 0 Å². The molecule has 0 unspecified atom stereocenters. The third-order valence-electron chi connectivity index (χ3n) is 2.64. The lowest BCUT2D eigenvalue weighted by Crippen LogP contribution is -2.15. The first-order valence-corrected chi connectivity index (χ1v) is 4.90. The van der Waals surface area contributed by atoms with Gasteiger partial charge in [0.2, 0.25) is 0 Å². The smallest absolute Gasteiger partial charge is 0.0840 e. The first-order valence-electron chi connectivity index (χ1n) is 4.90. The molecular weight excluding hydrogens is 160 g/mol. The predicted octanol–water partition coefficient (Wildman–Crippen LogP) is 2.79. The van der Waals surface area contributed by atoms with Crippen molar-refractivity contribution in [1.82, 2.24) is 0 Å². The monoisotopic (exact) mass is 176 g/mol. The molecule has 1 aromatic rings. The molecule has 1 aromatic carbocycles. The van der Waals surface area contributed by atoms with Crippen molar-refractivity contribution in [2.45, 2.75) is 38.2 Å². The Morgan fingerprint density at radius 3 is 2.54 bits per heavy atom. The Labute approximate surface area is 79.4 Å². The van der Waals surface area contributed by atoms with Crippen LogP contribution in [0.1, 0.15) is 43.7 Å². The first kappa shape index (κ1) is 8.76.